The zero-order chi connectivity index (χ0) is 34.6. The Hall–Kier alpha value is -2.68. The van der Waals surface area contributed by atoms with Gasteiger partial charge in [0.05, 0.1) is 12.4 Å². The van der Waals surface area contributed by atoms with Gasteiger partial charge in [0.25, 0.3) is 0 Å². The molecule has 0 saturated heterocycles. The molecular weight excluding hydrogens is 649 g/mol. The molecule has 2 aromatic carbocycles. The number of unbranched alkanes of at least 4 members (excludes halogenated alkanes) is 5. The lowest BCUT2D eigenvalue weighted by molar-refractivity contribution is -0.284. The van der Waals surface area contributed by atoms with Crippen LogP contribution in [0.5, 0.6) is 17.2 Å². The van der Waals surface area contributed by atoms with Crippen LogP contribution in [0.4, 0.5) is 22.0 Å². The van der Waals surface area contributed by atoms with Gasteiger partial charge in [-0.25, -0.2) is 13.1 Å². The van der Waals surface area contributed by atoms with Crippen LogP contribution in [-0.2, 0) is 24.9 Å². The maximum Gasteiger partial charge on any atom is 0.453 e. The van der Waals surface area contributed by atoms with Crippen molar-refractivity contribution in [1.29, 1.82) is 0 Å². The van der Waals surface area contributed by atoms with E-state index >= 15 is 0 Å². The smallest absolute Gasteiger partial charge is 0.453 e. The normalized spacial score (nSPS) is 18.4. The molecule has 266 valence electrons. The SMILES string of the molecule is COCOc1ccc2c(c1)OCC(C)(c1ccccc1OCOC)C2CCCCCCCCNS(=O)(=O)CCCC(F)(F)C(F)(F)F. The van der Waals surface area contributed by atoms with E-state index in [4.69, 9.17) is 23.7 Å². The minimum absolute atomic E-state index is 0.107. The fourth-order valence-corrected chi connectivity index (χ4v) is 6.97. The molecule has 1 heterocycles. The molecule has 2 atom stereocenters. The summed E-state index contributed by atoms with van der Waals surface area (Å²) >= 11 is 0. The van der Waals surface area contributed by atoms with E-state index < -0.39 is 46.1 Å². The highest BCUT2D eigenvalue weighted by Gasteiger charge is 2.56. The predicted molar refractivity (Wildman–Crippen MR) is 168 cm³/mol. The Kier molecular flexibility index (Phi) is 14.5. The van der Waals surface area contributed by atoms with Crippen LogP contribution in [0, 0.1) is 0 Å². The van der Waals surface area contributed by atoms with Gasteiger partial charge < -0.3 is 23.7 Å². The zero-order valence-electron chi connectivity index (χ0n) is 27.2. The van der Waals surface area contributed by atoms with Crippen molar-refractivity contribution in [2.24, 2.45) is 0 Å². The number of nitrogens with one attached hydrogen (secondary N) is 1. The molecule has 3 rings (SSSR count). The number of para-hydroxylation sites is 1. The van der Waals surface area contributed by atoms with Gasteiger partial charge >= 0.3 is 12.1 Å². The number of sulfonamides is 1. The summed E-state index contributed by atoms with van der Waals surface area (Å²) in [6, 6.07) is 13.8. The Labute approximate surface area is 274 Å². The maximum atomic E-state index is 13.0. The lowest BCUT2D eigenvalue weighted by atomic mass is 9.66. The molecule has 0 radical (unpaired) electrons. The van der Waals surface area contributed by atoms with Gasteiger partial charge in [-0.05, 0) is 37.0 Å². The number of alkyl halides is 5. The summed E-state index contributed by atoms with van der Waals surface area (Å²) in [6.07, 6.45) is -2.16. The Morgan fingerprint density at radius 2 is 1.55 bits per heavy atom. The summed E-state index contributed by atoms with van der Waals surface area (Å²) in [4.78, 5) is 0. The molecule has 8 nitrogen and oxygen atoms in total. The molecule has 47 heavy (non-hydrogen) atoms. The van der Waals surface area contributed by atoms with Crippen molar-refractivity contribution in [3.05, 3.63) is 53.6 Å². The number of hydrogen-bond acceptors (Lipinski definition) is 7. The minimum Gasteiger partial charge on any atom is -0.492 e. The third kappa shape index (κ3) is 11.2. The monoisotopic (exact) mass is 695 g/mol. The summed E-state index contributed by atoms with van der Waals surface area (Å²) in [5.74, 6) is -3.41. The van der Waals surface area contributed by atoms with Crippen LogP contribution in [0.2, 0.25) is 0 Å². The summed E-state index contributed by atoms with van der Waals surface area (Å²) in [5.41, 5.74) is 1.72. The Morgan fingerprint density at radius 3 is 2.26 bits per heavy atom. The maximum absolute atomic E-state index is 13.0. The van der Waals surface area contributed by atoms with Crippen LogP contribution in [0.25, 0.3) is 0 Å². The Balaban J connectivity index is 1.52. The van der Waals surface area contributed by atoms with Crippen molar-refractivity contribution in [3.63, 3.8) is 0 Å². The second-order valence-corrected chi connectivity index (χ2v) is 13.9. The fourth-order valence-electron chi connectivity index (χ4n) is 5.85. The van der Waals surface area contributed by atoms with Gasteiger partial charge in [0.1, 0.15) is 17.2 Å². The summed E-state index contributed by atoms with van der Waals surface area (Å²) in [5, 5.41) is 0. The Bertz CT molecular complexity index is 1360. The van der Waals surface area contributed by atoms with E-state index in [1.165, 1.54) is 0 Å². The van der Waals surface area contributed by atoms with Crippen LogP contribution in [0.3, 0.4) is 0 Å². The van der Waals surface area contributed by atoms with E-state index in [0.717, 1.165) is 61.2 Å². The first-order chi connectivity index (χ1) is 22.2. The average Bonchev–Trinajstić information content (AvgIpc) is 3.02. The number of fused-ring (bicyclic) bond motifs is 1. The summed E-state index contributed by atoms with van der Waals surface area (Å²) in [6.45, 7) is 2.98. The first-order valence-corrected chi connectivity index (χ1v) is 17.4. The van der Waals surface area contributed by atoms with Gasteiger partial charge in [-0.2, -0.15) is 22.0 Å². The van der Waals surface area contributed by atoms with Gasteiger partial charge in [-0.15, -0.1) is 0 Å². The third-order valence-corrected chi connectivity index (χ3v) is 9.87. The molecule has 0 amide bonds. The zero-order valence-corrected chi connectivity index (χ0v) is 28.0. The first-order valence-electron chi connectivity index (χ1n) is 15.8. The average molecular weight is 696 g/mol. The highest BCUT2D eigenvalue weighted by Crippen LogP contribution is 2.51. The van der Waals surface area contributed by atoms with Gasteiger partial charge in [-0.3, -0.25) is 0 Å². The van der Waals surface area contributed by atoms with Gasteiger partial charge in [0, 0.05) is 50.1 Å². The van der Waals surface area contributed by atoms with Crippen LogP contribution in [0.15, 0.2) is 42.5 Å². The van der Waals surface area contributed by atoms with Gasteiger partial charge in [0.15, 0.2) is 13.6 Å². The standard InChI is InChI=1S/C33H46F5NO7S/c1-31(28-14-9-10-15-29(28)46-24-43-3)22-44-30-21-25(45-23-42-2)16-17-26(30)27(31)13-8-6-4-5-7-11-19-39-47(40,41)20-12-18-32(34,35)33(36,37)38/h9-10,14-17,21,27,39H,4-8,11-13,18-20,22-24H2,1-3H3. The third-order valence-electron chi connectivity index (χ3n) is 8.40. The molecule has 0 spiro atoms. The molecule has 0 bridgehead atoms. The van der Waals surface area contributed by atoms with E-state index in [1.807, 2.05) is 36.4 Å². The molecule has 0 fully saturated rings. The van der Waals surface area contributed by atoms with E-state index in [-0.39, 0.29) is 26.0 Å². The number of methoxy groups -OCH3 is 2. The highest BCUT2D eigenvalue weighted by atomic mass is 32.2. The van der Waals surface area contributed by atoms with Crippen molar-refractivity contribution in [1.82, 2.24) is 4.72 Å². The number of benzene rings is 2. The van der Waals surface area contributed by atoms with E-state index in [0.29, 0.717) is 18.8 Å². The minimum atomic E-state index is -5.69. The Morgan fingerprint density at radius 1 is 0.894 bits per heavy atom. The van der Waals surface area contributed by atoms with Gasteiger partial charge in [0.2, 0.25) is 10.0 Å². The molecule has 14 heteroatoms. The number of hydrogen-bond donors (Lipinski definition) is 1. The van der Waals surface area contributed by atoms with E-state index in [1.54, 1.807) is 14.2 Å². The molecule has 2 aromatic rings. The molecule has 0 aliphatic carbocycles. The molecule has 2 unspecified atom stereocenters. The second kappa shape index (κ2) is 17.6. The van der Waals surface area contributed by atoms with Crippen molar-refractivity contribution in [3.8, 4) is 17.2 Å². The summed E-state index contributed by atoms with van der Waals surface area (Å²) < 4.78 is 117. The molecule has 0 aromatic heterocycles. The number of halogens is 5. The lowest BCUT2D eigenvalue weighted by Crippen LogP contribution is -2.40. The topological polar surface area (TPSA) is 92.3 Å². The van der Waals surface area contributed by atoms with Crippen LogP contribution >= 0.6 is 0 Å². The van der Waals surface area contributed by atoms with Gasteiger partial charge in [-0.1, -0.05) is 63.3 Å². The van der Waals surface area contributed by atoms with E-state index in [9.17, 15) is 30.4 Å². The van der Waals surface area contributed by atoms with Crippen LogP contribution < -0.4 is 18.9 Å². The molecule has 1 aliphatic heterocycles. The molecule has 0 saturated carbocycles. The molecular formula is C33H46F5NO7S. The lowest BCUT2D eigenvalue weighted by Gasteiger charge is -2.43. The highest BCUT2D eigenvalue weighted by molar-refractivity contribution is 7.89. The van der Waals surface area contributed by atoms with Crippen LogP contribution in [0.1, 0.15) is 81.8 Å². The number of rotatable bonds is 21. The molecule has 1 aliphatic rings. The summed E-state index contributed by atoms with van der Waals surface area (Å²) in [7, 11) is -0.793. The van der Waals surface area contributed by atoms with Crippen molar-refractivity contribution < 1.29 is 54.1 Å². The fraction of sp³-hybridized carbons (Fsp3) is 0.636. The van der Waals surface area contributed by atoms with Crippen molar-refractivity contribution >= 4 is 10.0 Å². The first kappa shape index (κ1) is 38.8. The largest absolute Gasteiger partial charge is 0.492 e. The predicted octanol–water partition coefficient (Wildman–Crippen LogP) is 7.71. The number of ether oxygens (including phenoxy) is 5. The van der Waals surface area contributed by atoms with Crippen molar-refractivity contribution in [2.75, 3.05) is 46.7 Å². The van der Waals surface area contributed by atoms with Crippen molar-refractivity contribution in [2.45, 2.75) is 88.1 Å². The quantitative estimate of drug-likeness (QED) is 0.0813. The molecule has 1 N–H and O–H groups in total. The second-order valence-electron chi connectivity index (χ2n) is 12.0. The van der Waals surface area contributed by atoms with E-state index in [2.05, 4.69) is 17.7 Å². The van der Waals surface area contributed by atoms with Crippen LogP contribution in [-0.4, -0.2) is 67.2 Å².